The van der Waals surface area contributed by atoms with Crippen LogP contribution in [0.15, 0.2) is 89.3 Å². The number of furan rings is 1. The highest BCUT2D eigenvalue weighted by Crippen LogP contribution is 2.32. The first-order chi connectivity index (χ1) is 18.7. The number of rotatable bonds is 7. The molecule has 0 radical (unpaired) electrons. The summed E-state index contributed by atoms with van der Waals surface area (Å²) in [6.07, 6.45) is 5.09. The number of aromatic nitrogens is 3. The molecule has 1 aromatic carbocycles. The van der Waals surface area contributed by atoms with Gasteiger partial charge in [-0.15, -0.1) is 11.8 Å². The van der Waals surface area contributed by atoms with Gasteiger partial charge in [0.2, 0.25) is 0 Å². The largest absolute Gasteiger partial charge is 0.459 e. The summed E-state index contributed by atoms with van der Waals surface area (Å²) in [4.78, 5) is 41.9. The number of fused-ring (bicyclic) bond motifs is 1. The fraction of sp³-hybridized carbons (Fsp3) is 0.250. The smallest absolute Gasteiger partial charge is 0.338 e. The first-order valence-electron chi connectivity index (χ1n) is 12.2. The Balaban J connectivity index is 1.57. The number of carbonyl (C=O) groups is 1. The lowest BCUT2D eigenvalue weighted by Crippen LogP contribution is -2.40. The molecule has 4 aromatic rings. The van der Waals surface area contributed by atoms with Crippen LogP contribution >= 0.6 is 34.9 Å². The number of thioether (sulfide) groups is 1. The number of hydrogen-bond acceptors (Lipinski definition) is 10. The summed E-state index contributed by atoms with van der Waals surface area (Å²) < 4.78 is 13.5. The fourth-order valence-electron chi connectivity index (χ4n) is 4.12. The lowest BCUT2D eigenvalue weighted by Gasteiger charge is -2.25. The normalized spacial score (nSPS) is 15.4. The van der Waals surface area contributed by atoms with Crippen LogP contribution in [0.4, 0.5) is 0 Å². The number of hydrogen-bond donors (Lipinski definition) is 0. The van der Waals surface area contributed by atoms with E-state index in [1.165, 1.54) is 23.1 Å². The minimum absolute atomic E-state index is 0.257. The zero-order valence-electron chi connectivity index (χ0n) is 22.0. The molecule has 1 aliphatic heterocycles. The Morgan fingerprint density at radius 3 is 2.62 bits per heavy atom. The van der Waals surface area contributed by atoms with Gasteiger partial charge in [0.15, 0.2) is 15.1 Å². The van der Waals surface area contributed by atoms with Crippen molar-refractivity contribution in [3.8, 4) is 0 Å². The van der Waals surface area contributed by atoms with E-state index in [1.54, 1.807) is 55.4 Å². The summed E-state index contributed by atoms with van der Waals surface area (Å²) >= 11 is 4.19. The highest BCUT2D eigenvalue weighted by atomic mass is 32.2. The molecule has 0 N–H and O–H groups in total. The van der Waals surface area contributed by atoms with E-state index < -0.39 is 12.0 Å². The minimum atomic E-state index is -0.660. The van der Waals surface area contributed by atoms with Crippen molar-refractivity contribution in [3.05, 3.63) is 96.6 Å². The van der Waals surface area contributed by atoms with Crippen LogP contribution in [0, 0.1) is 6.92 Å². The predicted molar refractivity (Wildman–Crippen MR) is 153 cm³/mol. The molecule has 0 spiro atoms. The van der Waals surface area contributed by atoms with Crippen molar-refractivity contribution in [2.75, 3.05) is 6.26 Å². The molecule has 1 atom stereocenters. The molecule has 0 fully saturated rings. The van der Waals surface area contributed by atoms with E-state index in [0.29, 0.717) is 36.6 Å². The summed E-state index contributed by atoms with van der Waals surface area (Å²) in [5, 5.41) is 1.19. The minimum Gasteiger partial charge on any atom is -0.459 e. The topological polar surface area (TPSA) is 99.6 Å². The Hall–Kier alpha value is -3.41. The van der Waals surface area contributed by atoms with Crippen LogP contribution in [0.25, 0.3) is 6.08 Å². The predicted octanol–water partition coefficient (Wildman–Crippen LogP) is 4.75. The number of thiazole rings is 1. The first-order valence-corrected chi connectivity index (χ1v) is 15.0. The quantitative estimate of drug-likeness (QED) is 0.176. The van der Waals surface area contributed by atoms with Crippen molar-refractivity contribution in [3.63, 3.8) is 0 Å². The molecule has 0 saturated heterocycles. The SMILES string of the molecule is CSc1ccc([C@H]2C(C(=O)OC(C)C)=C(C)N=c3s/c(=C\c4ccc(Sc5nccc(C)n5)o4)c(=O)n32)cc1. The number of benzene rings is 1. The molecule has 0 bridgehead atoms. The van der Waals surface area contributed by atoms with Crippen molar-refractivity contribution in [1.29, 1.82) is 0 Å². The molecule has 5 rings (SSSR count). The Bertz CT molecular complexity index is 1750. The van der Waals surface area contributed by atoms with E-state index in [9.17, 15) is 9.59 Å². The maximum Gasteiger partial charge on any atom is 0.338 e. The second-order valence-electron chi connectivity index (χ2n) is 9.05. The van der Waals surface area contributed by atoms with Crippen molar-refractivity contribution in [1.82, 2.24) is 14.5 Å². The third-order valence-corrected chi connectivity index (χ3v) is 8.38. The molecule has 0 aliphatic carbocycles. The standard InChI is InChI=1S/C28H26N4O4S3/c1-15(2)35-26(34)23-17(4)31-28-32(24(23)18-6-9-20(37-5)10-7-18)25(33)21(38-28)14-19-8-11-22(36-19)39-27-29-13-12-16(3)30-27/h6-15,24H,1-5H3/b21-14-/t24-/m0/s1. The number of esters is 1. The summed E-state index contributed by atoms with van der Waals surface area (Å²) in [7, 11) is 0. The van der Waals surface area contributed by atoms with Crippen molar-refractivity contribution >= 4 is 46.9 Å². The first kappa shape index (κ1) is 27.2. The second-order valence-corrected chi connectivity index (χ2v) is 11.9. The van der Waals surface area contributed by atoms with Crippen LogP contribution in [0.3, 0.4) is 0 Å². The van der Waals surface area contributed by atoms with E-state index >= 15 is 0 Å². The molecule has 4 heterocycles. The molecule has 39 heavy (non-hydrogen) atoms. The van der Waals surface area contributed by atoms with Gasteiger partial charge in [0, 0.05) is 22.9 Å². The lowest BCUT2D eigenvalue weighted by atomic mass is 9.96. The molecular weight excluding hydrogens is 553 g/mol. The van der Waals surface area contributed by atoms with E-state index in [2.05, 4.69) is 15.0 Å². The molecule has 8 nitrogen and oxygen atoms in total. The Morgan fingerprint density at radius 2 is 1.92 bits per heavy atom. The van der Waals surface area contributed by atoms with Crippen LogP contribution in [0.1, 0.15) is 43.8 Å². The third kappa shape index (κ3) is 5.80. The third-order valence-electron chi connectivity index (χ3n) is 5.86. The van der Waals surface area contributed by atoms with Gasteiger partial charge < -0.3 is 9.15 Å². The van der Waals surface area contributed by atoms with Crippen LogP contribution in [-0.2, 0) is 9.53 Å². The highest BCUT2D eigenvalue weighted by molar-refractivity contribution is 7.99. The van der Waals surface area contributed by atoms with Gasteiger partial charge in [-0.2, -0.15) is 0 Å². The number of ether oxygens (including phenoxy) is 1. The number of nitrogens with zero attached hydrogens (tertiary/aromatic N) is 4. The average molecular weight is 579 g/mol. The molecule has 3 aromatic heterocycles. The summed E-state index contributed by atoms with van der Waals surface area (Å²) in [5.41, 5.74) is 2.30. The van der Waals surface area contributed by atoms with E-state index in [4.69, 9.17) is 9.15 Å². The van der Waals surface area contributed by atoms with Crippen LogP contribution in [0.5, 0.6) is 0 Å². The zero-order valence-corrected chi connectivity index (χ0v) is 24.4. The Kier molecular flexibility index (Phi) is 7.92. The Labute approximate surface area is 237 Å². The van der Waals surface area contributed by atoms with Crippen LogP contribution in [0.2, 0.25) is 0 Å². The average Bonchev–Trinajstić information content (AvgIpc) is 3.46. The van der Waals surface area contributed by atoms with Gasteiger partial charge in [-0.05, 0) is 81.6 Å². The van der Waals surface area contributed by atoms with Crippen molar-refractivity contribution in [2.24, 2.45) is 4.99 Å². The van der Waals surface area contributed by atoms with Gasteiger partial charge in [0.1, 0.15) is 5.76 Å². The molecule has 200 valence electrons. The van der Waals surface area contributed by atoms with Gasteiger partial charge in [0.25, 0.3) is 5.56 Å². The summed E-state index contributed by atoms with van der Waals surface area (Å²) in [6, 6.07) is 12.6. The molecule has 0 saturated carbocycles. The van der Waals surface area contributed by atoms with E-state index in [1.807, 2.05) is 49.6 Å². The number of carbonyl (C=O) groups excluding carboxylic acids is 1. The van der Waals surface area contributed by atoms with Crippen molar-refractivity contribution in [2.45, 2.75) is 55.0 Å². The highest BCUT2D eigenvalue weighted by Gasteiger charge is 2.33. The maximum atomic E-state index is 13.8. The maximum absolute atomic E-state index is 13.8. The van der Waals surface area contributed by atoms with Crippen LogP contribution in [-0.4, -0.2) is 32.9 Å². The molecule has 11 heteroatoms. The molecular formula is C28H26N4O4S3. The van der Waals surface area contributed by atoms with E-state index in [0.717, 1.165) is 16.2 Å². The monoisotopic (exact) mass is 578 g/mol. The van der Waals surface area contributed by atoms with Crippen LogP contribution < -0.4 is 14.9 Å². The second kappa shape index (κ2) is 11.4. The molecule has 0 amide bonds. The van der Waals surface area contributed by atoms with E-state index in [-0.39, 0.29) is 11.7 Å². The zero-order chi connectivity index (χ0) is 27.7. The number of allylic oxidation sites excluding steroid dienone is 1. The van der Waals surface area contributed by atoms with Gasteiger partial charge in [-0.25, -0.2) is 19.8 Å². The van der Waals surface area contributed by atoms with Gasteiger partial charge in [-0.1, -0.05) is 23.5 Å². The molecule has 1 aliphatic rings. The summed E-state index contributed by atoms with van der Waals surface area (Å²) in [5.74, 6) is 0.0389. The van der Waals surface area contributed by atoms with Gasteiger partial charge in [-0.3, -0.25) is 9.36 Å². The summed E-state index contributed by atoms with van der Waals surface area (Å²) in [6.45, 7) is 7.28. The lowest BCUT2D eigenvalue weighted by molar-refractivity contribution is -0.143. The Morgan fingerprint density at radius 1 is 1.15 bits per heavy atom. The molecule has 0 unspecified atom stereocenters. The van der Waals surface area contributed by atoms with Gasteiger partial charge in [0.05, 0.1) is 27.9 Å². The number of aryl methyl sites for hydroxylation is 1. The van der Waals surface area contributed by atoms with Gasteiger partial charge >= 0.3 is 5.97 Å². The van der Waals surface area contributed by atoms with Crippen molar-refractivity contribution < 1.29 is 13.9 Å². The fourth-order valence-corrected chi connectivity index (χ4v) is 6.31.